The summed E-state index contributed by atoms with van der Waals surface area (Å²) in [5.74, 6) is 1.47. The van der Waals surface area contributed by atoms with Crippen molar-refractivity contribution in [2.45, 2.75) is 33.6 Å². The van der Waals surface area contributed by atoms with Crippen LogP contribution in [0.1, 0.15) is 30.9 Å². The molecule has 0 aliphatic carbocycles. The van der Waals surface area contributed by atoms with Crippen molar-refractivity contribution in [2.75, 3.05) is 13.2 Å². The first-order chi connectivity index (χ1) is 12.0. The lowest BCUT2D eigenvalue weighted by Crippen LogP contribution is -2.11. The van der Waals surface area contributed by atoms with Gasteiger partial charge in [-0.15, -0.1) is 0 Å². The largest absolute Gasteiger partial charge is 0.494 e. The van der Waals surface area contributed by atoms with Gasteiger partial charge in [-0.3, -0.25) is 4.79 Å². The van der Waals surface area contributed by atoms with Crippen LogP contribution >= 0.6 is 11.6 Å². The monoisotopic (exact) mass is 362 g/mol. The zero-order valence-electron chi connectivity index (χ0n) is 14.8. The summed E-state index contributed by atoms with van der Waals surface area (Å²) in [5, 5.41) is 0.754. The van der Waals surface area contributed by atoms with E-state index in [1.54, 1.807) is 18.2 Å². The van der Waals surface area contributed by atoms with Gasteiger partial charge in [-0.05, 0) is 62.6 Å². The van der Waals surface area contributed by atoms with Crippen molar-refractivity contribution in [2.24, 2.45) is 0 Å². The predicted octanol–water partition coefficient (Wildman–Crippen LogP) is 5.12. The van der Waals surface area contributed by atoms with Crippen LogP contribution in [0.2, 0.25) is 5.02 Å². The minimum absolute atomic E-state index is 0.270. The number of benzene rings is 2. The lowest BCUT2D eigenvalue weighted by atomic mass is 10.1. The average molecular weight is 363 g/mol. The van der Waals surface area contributed by atoms with Crippen LogP contribution in [0.25, 0.3) is 0 Å². The molecule has 0 spiro atoms. The number of para-hydroxylation sites is 2. The quantitative estimate of drug-likeness (QED) is 0.371. The molecule has 4 nitrogen and oxygen atoms in total. The van der Waals surface area contributed by atoms with Gasteiger partial charge in [0.1, 0.15) is 5.75 Å². The summed E-state index contributed by atoms with van der Waals surface area (Å²) in [4.78, 5) is 12.0. The summed E-state index contributed by atoms with van der Waals surface area (Å²) in [7, 11) is 0. The molecule has 0 bridgehead atoms. The Hall–Kier alpha value is -2.20. The molecule has 0 aliphatic rings. The number of carbonyl (C=O) groups is 1. The highest BCUT2D eigenvalue weighted by molar-refractivity contribution is 6.32. The molecular weight excluding hydrogens is 340 g/mol. The van der Waals surface area contributed by atoms with Crippen molar-refractivity contribution in [3.63, 3.8) is 0 Å². The number of halogens is 1. The fourth-order valence-electron chi connectivity index (χ4n) is 2.38. The first kappa shape index (κ1) is 19.1. The lowest BCUT2D eigenvalue weighted by Gasteiger charge is -2.11. The van der Waals surface area contributed by atoms with E-state index < -0.39 is 0 Å². The molecule has 0 N–H and O–H groups in total. The van der Waals surface area contributed by atoms with Crippen LogP contribution < -0.4 is 14.2 Å². The van der Waals surface area contributed by atoms with Crippen LogP contribution in [-0.2, 0) is 4.79 Å². The molecule has 0 saturated heterocycles. The van der Waals surface area contributed by atoms with Gasteiger partial charge in [-0.1, -0.05) is 23.7 Å². The normalized spacial score (nSPS) is 10.4. The minimum Gasteiger partial charge on any atom is -0.494 e. The van der Waals surface area contributed by atoms with E-state index in [0.717, 1.165) is 21.9 Å². The van der Waals surface area contributed by atoms with Gasteiger partial charge in [0.25, 0.3) is 0 Å². The standard InChI is InChI=1S/C20H23ClO4/c1-4-23-17-8-5-6-9-18(17)25-19(22)10-7-11-24-16-12-14(2)20(21)15(3)13-16/h5-6,8-9,12-13H,4,7,10-11H2,1-3H3. The molecule has 0 aliphatic heterocycles. The van der Waals surface area contributed by atoms with Crippen molar-refractivity contribution in [3.05, 3.63) is 52.5 Å². The highest BCUT2D eigenvalue weighted by atomic mass is 35.5. The average Bonchev–Trinajstić information content (AvgIpc) is 2.58. The van der Waals surface area contributed by atoms with Crippen LogP contribution in [0.5, 0.6) is 17.2 Å². The number of hydrogen-bond donors (Lipinski definition) is 0. The van der Waals surface area contributed by atoms with E-state index in [1.165, 1.54) is 0 Å². The zero-order valence-corrected chi connectivity index (χ0v) is 15.6. The molecule has 0 saturated carbocycles. The Morgan fingerprint density at radius 3 is 2.32 bits per heavy atom. The molecule has 0 amide bonds. The number of rotatable bonds is 8. The van der Waals surface area contributed by atoms with Crippen LogP contribution in [0.15, 0.2) is 36.4 Å². The molecule has 0 heterocycles. The van der Waals surface area contributed by atoms with Crippen molar-refractivity contribution in [1.29, 1.82) is 0 Å². The Bertz CT molecular complexity index is 704. The Morgan fingerprint density at radius 1 is 1.04 bits per heavy atom. The van der Waals surface area contributed by atoms with E-state index >= 15 is 0 Å². The van der Waals surface area contributed by atoms with Crippen LogP contribution in [0.3, 0.4) is 0 Å². The number of ether oxygens (including phenoxy) is 3. The molecule has 5 heteroatoms. The molecule has 0 radical (unpaired) electrons. The van der Waals surface area contributed by atoms with Crippen LogP contribution in [0, 0.1) is 13.8 Å². The number of aryl methyl sites for hydroxylation is 2. The molecule has 2 aromatic rings. The maximum absolute atomic E-state index is 12.0. The zero-order chi connectivity index (χ0) is 18.2. The summed E-state index contributed by atoms with van der Waals surface area (Å²) in [6.07, 6.45) is 0.836. The van der Waals surface area contributed by atoms with Gasteiger partial charge in [0.2, 0.25) is 0 Å². The number of carbonyl (C=O) groups excluding carboxylic acids is 1. The van der Waals surface area contributed by atoms with Gasteiger partial charge in [0.15, 0.2) is 11.5 Å². The fourth-order valence-corrected chi connectivity index (χ4v) is 2.49. The SMILES string of the molecule is CCOc1ccccc1OC(=O)CCCOc1cc(C)c(Cl)c(C)c1. The molecule has 0 atom stereocenters. The predicted molar refractivity (Wildman–Crippen MR) is 98.9 cm³/mol. The van der Waals surface area contributed by atoms with Crippen LogP contribution in [-0.4, -0.2) is 19.2 Å². The Kier molecular flexibility index (Phi) is 7.14. The molecule has 2 rings (SSSR count). The fraction of sp³-hybridized carbons (Fsp3) is 0.350. The van der Waals surface area contributed by atoms with Gasteiger partial charge < -0.3 is 14.2 Å². The summed E-state index contributed by atoms with van der Waals surface area (Å²) < 4.78 is 16.5. The van der Waals surface area contributed by atoms with E-state index in [2.05, 4.69) is 0 Å². The Balaban J connectivity index is 1.79. The van der Waals surface area contributed by atoms with Gasteiger partial charge in [0.05, 0.1) is 13.2 Å². The van der Waals surface area contributed by atoms with Crippen molar-refractivity contribution < 1.29 is 19.0 Å². The van der Waals surface area contributed by atoms with Crippen LogP contribution in [0.4, 0.5) is 0 Å². The molecule has 0 fully saturated rings. The number of esters is 1. The van der Waals surface area contributed by atoms with E-state index in [1.807, 2.05) is 39.0 Å². The summed E-state index contributed by atoms with van der Waals surface area (Å²) in [5.41, 5.74) is 1.95. The second kappa shape index (κ2) is 9.33. The summed E-state index contributed by atoms with van der Waals surface area (Å²) in [6.45, 7) is 6.71. The first-order valence-corrected chi connectivity index (χ1v) is 8.71. The third kappa shape index (κ3) is 5.68. The molecule has 0 aromatic heterocycles. The third-order valence-electron chi connectivity index (χ3n) is 3.58. The molecule has 2 aromatic carbocycles. The van der Waals surface area contributed by atoms with E-state index in [0.29, 0.717) is 31.1 Å². The second-order valence-electron chi connectivity index (χ2n) is 5.68. The highest BCUT2D eigenvalue weighted by Crippen LogP contribution is 2.27. The third-order valence-corrected chi connectivity index (χ3v) is 4.17. The highest BCUT2D eigenvalue weighted by Gasteiger charge is 2.10. The molecule has 0 unspecified atom stereocenters. The molecule has 134 valence electrons. The van der Waals surface area contributed by atoms with Crippen molar-refractivity contribution in [1.82, 2.24) is 0 Å². The number of hydrogen-bond acceptors (Lipinski definition) is 4. The van der Waals surface area contributed by atoms with Crippen molar-refractivity contribution in [3.8, 4) is 17.2 Å². The van der Waals surface area contributed by atoms with E-state index in [4.69, 9.17) is 25.8 Å². The summed E-state index contributed by atoms with van der Waals surface area (Å²) >= 11 is 6.14. The Morgan fingerprint density at radius 2 is 1.68 bits per heavy atom. The summed E-state index contributed by atoms with van der Waals surface area (Å²) in [6, 6.07) is 10.9. The first-order valence-electron chi connectivity index (χ1n) is 8.33. The smallest absolute Gasteiger partial charge is 0.311 e. The maximum Gasteiger partial charge on any atom is 0.311 e. The minimum atomic E-state index is -0.306. The lowest BCUT2D eigenvalue weighted by molar-refractivity contribution is -0.134. The second-order valence-corrected chi connectivity index (χ2v) is 6.05. The Labute approximate surface area is 153 Å². The van der Waals surface area contributed by atoms with Gasteiger partial charge in [-0.2, -0.15) is 0 Å². The maximum atomic E-state index is 12.0. The van der Waals surface area contributed by atoms with Gasteiger partial charge in [-0.25, -0.2) is 0 Å². The molecule has 25 heavy (non-hydrogen) atoms. The topological polar surface area (TPSA) is 44.8 Å². The van der Waals surface area contributed by atoms with Crippen molar-refractivity contribution >= 4 is 17.6 Å². The van der Waals surface area contributed by atoms with E-state index in [-0.39, 0.29) is 12.4 Å². The van der Waals surface area contributed by atoms with E-state index in [9.17, 15) is 4.79 Å². The van der Waals surface area contributed by atoms with Gasteiger partial charge in [0, 0.05) is 11.4 Å². The molecular formula is C20H23ClO4. The van der Waals surface area contributed by atoms with Gasteiger partial charge >= 0.3 is 5.97 Å².